The molecule has 1 N–H and O–H groups in total. The van der Waals surface area contributed by atoms with E-state index in [1.54, 1.807) is 0 Å². The second-order valence-corrected chi connectivity index (χ2v) is 7.86. The fourth-order valence-electron chi connectivity index (χ4n) is 3.85. The Bertz CT molecular complexity index is 984. The van der Waals surface area contributed by atoms with Gasteiger partial charge in [0.2, 0.25) is 5.91 Å². The maximum atomic E-state index is 14.7. The number of hydrogen-bond acceptors (Lipinski definition) is 2. The summed E-state index contributed by atoms with van der Waals surface area (Å²) in [5.41, 5.74) is 2.28. The molecule has 1 atom stereocenters. The largest absolute Gasteiger partial charge is 0.481 e. The molecule has 2 aromatic carbocycles. The Morgan fingerprint density at radius 3 is 2.57 bits per heavy atom. The molecular weight excluding hydrogens is 388 g/mol. The number of carbonyl (C=O) groups excluding carboxylic acids is 1. The number of hydrogen-bond donors (Lipinski definition) is 1. The third-order valence-corrected chi connectivity index (χ3v) is 5.48. The van der Waals surface area contributed by atoms with E-state index >= 15 is 0 Å². The average Bonchev–Trinajstić information content (AvgIpc) is 2.74. The molecule has 1 heterocycles. The third kappa shape index (κ3) is 4.58. The highest BCUT2D eigenvalue weighted by atomic mass is 19.2. The second kappa shape index (κ2) is 9.20. The van der Waals surface area contributed by atoms with Crippen LogP contribution in [0.25, 0.3) is 17.2 Å². The highest BCUT2D eigenvalue weighted by molar-refractivity contribution is 5.93. The normalized spacial score (nSPS) is 17.0. The van der Waals surface area contributed by atoms with Crippen molar-refractivity contribution in [1.82, 2.24) is 4.90 Å². The summed E-state index contributed by atoms with van der Waals surface area (Å²) in [7, 11) is 0. The van der Waals surface area contributed by atoms with E-state index < -0.39 is 29.4 Å². The third-order valence-electron chi connectivity index (χ3n) is 5.48. The fraction of sp³-hybridized carbons (Fsp3) is 0.333. The van der Waals surface area contributed by atoms with Crippen molar-refractivity contribution in [3.63, 3.8) is 0 Å². The number of likely N-dealkylation sites (tertiary alicyclic amines) is 1. The number of piperidine rings is 1. The monoisotopic (exact) mass is 413 g/mol. The predicted octanol–water partition coefficient (Wildman–Crippen LogP) is 5.09. The Labute approximate surface area is 174 Å². The summed E-state index contributed by atoms with van der Waals surface area (Å²) >= 11 is 0. The van der Waals surface area contributed by atoms with Gasteiger partial charge in [0.05, 0.1) is 5.92 Å². The van der Waals surface area contributed by atoms with Crippen molar-refractivity contribution in [1.29, 1.82) is 0 Å². The van der Waals surface area contributed by atoms with E-state index in [0.29, 0.717) is 24.9 Å². The molecule has 0 bridgehead atoms. The van der Waals surface area contributed by atoms with Gasteiger partial charge in [-0.3, -0.25) is 9.59 Å². The van der Waals surface area contributed by atoms with Gasteiger partial charge in [-0.1, -0.05) is 44.2 Å². The number of carboxylic acids is 1. The molecule has 0 radical (unpaired) electrons. The van der Waals surface area contributed by atoms with Crippen molar-refractivity contribution in [2.75, 3.05) is 13.1 Å². The smallest absolute Gasteiger partial charge is 0.308 e. The molecule has 0 aliphatic carbocycles. The molecule has 1 amide bonds. The molecular formula is C24H25F2NO3. The van der Waals surface area contributed by atoms with Crippen molar-refractivity contribution in [2.24, 2.45) is 5.92 Å². The van der Waals surface area contributed by atoms with Crippen molar-refractivity contribution in [2.45, 2.75) is 32.6 Å². The summed E-state index contributed by atoms with van der Waals surface area (Å²) < 4.78 is 28.7. The van der Waals surface area contributed by atoms with Crippen LogP contribution in [-0.2, 0) is 9.59 Å². The summed E-state index contributed by atoms with van der Waals surface area (Å²) in [5, 5.41) is 9.20. The van der Waals surface area contributed by atoms with Crippen molar-refractivity contribution in [3.05, 3.63) is 65.2 Å². The zero-order valence-corrected chi connectivity index (χ0v) is 17.1. The molecule has 0 aromatic heterocycles. The van der Waals surface area contributed by atoms with Gasteiger partial charge in [0, 0.05) is 24.7 Å². The summed E-state index contributed by atoms with van der Waals surface area (Å²) in [5.74, 6) is -3.77. The van der Waals surface area contributed by atoms with Gasteiger partial charge in [0.15, 0.2) is 11.6 Å². The van der Waals surface area contributed by atoms with E-state index in [-0.39, 0.29) is 18.0 Å². The minimum atomic E-state index is -1.02. The number of amides is 1. The molecule has 158 valence electrons. The number of carboxylic acid groups (broad SMARTS) is 1. The molecule has 1 unspecified atom stereocenters. The molecule has 6 heteroatoms. The van der Waals surface area contributed by atoms with E-state index in [1.165, 1.54) is 23.1 Å². The number of nitrogens with zero attached hydrogens (tertiary/aromatic N) is 1. The Balaban J connectivity index is 1.96. The van der Waals surface area contributed by atoms with Crippen LogP contribution in [0.15, 0.2) is 42.5 Å². The van der Waals surface area contributed by atoms with E-state index in [2.05, 4.69) is 0 Å². The van der Waals surface area contributed by atoms with Crippen LogP contribution in [0.3, 0.4) is 0 Å². The van der Waals surface area contributed by atoms with E-state index in [1.807, 2.05) is 38.1 Å². The lowest BCUT2D eigenvalue weighted by molar-refractivity contribution is -0.144. The number of rotatable bonds is 5. The lowest BCUT2D eigenvalue weighted by Crippen LogP contribution is -2.41. The highest BCUT2D eigenvalue weighted by Gasteiger charge is 2.27. The first kappa shape index (κ1) is 21.7. The summed E-state index contributed by atoms with van der Waals surface area (Å²) in [6.07, 6.45) is 3.61. The van der Waals surface area contributed by atoms with Gasteiger partial charge >= 0.3 is 5.97 Å². The molecule has 4 nitrogen and oxygen atoms in total. The van der Waals surface area contributed by atoms with Crippen molar-refractivity contribution < 1.29 is 23.5 Å². The first-order chi connectivity index (χ1) is 14.3. The number of halogens is 2. The lowest BCUT2D eigenvalue weighted by Gasteiger charge is -2.29. The quantitative estimate of drug-likeness (QED) is 0.695. The zero-order valence-electron chi connectivity index (χ0n) is 17.1. The molecule has 1 saturated heterocycles. The first-order valence-electron chi connectivity index (χ1n) is 10.1. The van der Waals surface area contributed by atoms with E-state index in [4.69, 9.17) is 0 Å². The molecule has 30 heavy (non-hydrogen) atoms. The minimum absolute atomic E-state index is 0.00300. The van der Waals surface area contributed by atoms with Gasteiger partial charge in [-0.25, -0.2) is 8.78 Å². The molecule has 1 fully saturated rings. The second-order valence-electron chi connectivity index (χ2n) is 7.86. The van der Waals surface area contributed by atoms with Gasteiger partial charge < -0.3 is 10.0 Å². The maximum Gasteiger partial charge on any atom is 0.308 e. The first-order valence-corrected chi connectivity index (χ1v) is 10.1. The van der Waals surface area contributed by atoms with Gasteiger partial charge in [0.25, 0.3) is 0 Å². The van der Waals surface area contributed by atoms with E-state index in [0.717, 1.165) is 17.2 Å². The van der Waals surface area contributed by atoms with Crippen LogP contribution in [0.2, 0.25) is 0 Å². The lowest BCUT2D eigenvalue weighted by atomic mass is 9.90. The van der Waals surface area contributed by atoms with Gasteiger partial charge in [-0.2, -0.15) is 0 Å². The zero-order chi connectivity index (χ0) is 21.8. The fourth-order valence-corrected chi connectivity index (χ4v) is 3.85. The summed E-state index contributed by atoms with van der Waals surface area (Å²) in [6, 6.07) is 10.1. The van der Waals surface area contributed by atoms with Crippen LogP contribution in [0.4, 0.5) is 8.78 Å². The SMILES string of the molecule is CC(C)c1ccccc1-c1ccc(F)c(F)c1/C=C/C(=O)N1CCCC(C(=O)O)C1. The standard InChI is InChI=1S/C24H25F2NO3/c1-15(2)17-7-3-4-8-18(17)19-9-11-21(25)23(26)20(19)10-12-22(28)27-13-5-6-16(14-27)24(29)30/h3-4,7-12,15-16H,5-6,13-14H2,1-2H3,(H,29,30)/b12-10+. The minimum Gasteiger partial charge on any atom is -0.481 e. The van der Waals surface area contributed by atoms with Gasteiger partial charge in [0.1, 0.15) is 0 Å². The highest BCUT2D eigenvalue weighted by Crippen LogP contribution is 2.34. The number of benzene rings is 2. The Hall–Kier alpha value is -3.02. The van der Waals surface area contributed by atoms with Crippen LogP contribution >= 0.6 is 0 Å². The van der Waals surface area contributed by atoms with E-state index in [9.17, 15) is 23.5 Å². The Morgan fingerprint density at radius 1 is 1.13 bits per heavy atom. The van der Waals surface area contributed by atoms with Crippen LogP contribution in [-0.4, -0.2) is 35.0 Å². The van der Waals surface area contributed by atoms with Gasteiger partial charge in [-0.05, 0) is 47.6 Å². The van der Waals surface area contributed by atoms with Gasteiger partial charge in [-0.15, -0.1) is 0 Å². The molecule has 1 aliphatic rings. The van der Waals surface area contributed by atoms with Crippen LogP contribution in [0.5, 0.6) is 0 Å². The summed E-state index contributed by atoms with van der Waals surface area (Å²) in [6.45, 7) is 4.61. The predicted molar refractivity (Wildman–Crippen MR) is 112 cm³/mol. The van der Waals surface area contributed by atoms with Crippen LogP contribution < -0.4 is 0 Å². The van der Waals surface area contributed by atoms with Crippen LogP contribution in [0, 0.1) is 17.6 Å². The maximum absolute atomic E-state index is 14.7. The number of carbonyl (C=O) groups is 2. The Kier molecular flexibility index (Phi) is 6.65. The Morgan fingerprint density at radius 2 is 1.87 bits per heavy atom. The summed E-state index contributed by atoms with van der Waals surface area (Å²) in [4.78, 5) is 25.3. The molecule has 2 aromatic rings. The number of aliphatic carboxylic acids is 1. The molecule has 0 spiro atoms. The average molecular weight is 413 g/mol. The topological polar surface area (TPSA) is 57.6 Å². The molecule has 1 aliphatic heterocycles. The van der Waals surface area contributed by atoms with Crippen molar-refractivity contribution >= 4 is 18.0 Å². The van der Waals surface area contributed by atoms with Crippen molar-refractivity contribution in [3.8, 4) is 11.1 Å². The molecule has 3 rings (SSSR count). The molecule has 0 saturated carbocycles. The van der Waals surface area contributed by atoms with Crippen LogP contribution in [0.1, 0.15) is 43.7 Å².